The van der Waals surface area contributed by atoms with Crippen LogP contribution in [0.3, 0.4) is 0 Å². The Labute approximate surface area is 158 Å². The molecule has 144 valence electrons. The average molecular weight is 372 g/mol. The number of hydrogen-bond acceptors (Lipinski definition) is 4. The van der Waals surface area contributed by atoms with Gasteiger partial charge in [0.1, 0.15) is 11.6 Å². The number of anilines is 1. The molecule has 1 N–H and O–H groups in total. The molecule has 0 spiro atoms. The number of hydrogen-bond donors (Lipinski definition) is 1. The minimum atomic E-state index is -0.244. The molecule has 27 heavy (non-hydrogen) atoms. The predicted octanol–water partition coefficient (Wildman–Crippen LogP) is 2.20. The van der Waals surface area contributed by atoms with Gasteiger partial charge in [0.25, 0.3) is 5.56 Å². The van der Waals surface area contributed by atoms with E-state index in [1.54, 1.807) is 26.0 Å². The number of rotatable bonds is 4. The summed E-state index contributed by atoms with van der Waals surface area (Å²) in [5, 5.41) is 0. The Balaban J connectivity index is 1.62. The fraction of sp³-hybridized carbons (Fsp3) is 0.450. The zero-order valence-electron chi connectivity index (χ0n) is 16.0. The van der Waals surface area contributed by atoms with E-state index >= 15 is 0 Å². The van der Waals surface area contributed by atoms with Crippen molar-refractivity contribution in [1.82, 2.24) is 14.9 Å². The maximum Gasteiger partial charge on any atom is 0.254 e. The molecule has 1 fully saturated rings. The van der Waals surface area contributed by atoms with Crippen LogP contribution < -0.4 is 10.5 Å². The lowest BCUT2D eigenvalue weighted by Crippen LogP contribution is -2.54. The molecule has 1 aromatic carbocycles. The first-order chi connectivity index (χ1) is 12.9. The van der Waals surface area contributed by atoms with Gasteiger partial charge < -0.3 is 14.8 Å². The van der Waals surface area contributed by atoms with E-state index in [1.165, 1.54) is 6.07 Å². The lowest BCUT2D eigenvalue weighted by Gasteiger charge is -2.41. The van der Waals surface area contributed by atoms with Gasteiger partial charge in [0, 0.05) is 43.4 Å². The van der Waals surface area contributed by atoms with E-state index < -0.39 is 0 Å². The highest BCUT2D eigenvalue weighted by atomic mass is 19.1. The van der Waals surface area contributed by atoms with Crippen molar-refractivity contribution in [3.05, 3.63) is 57.5 Å². The second-order valence-electron chi connectivity index (χ2n) is 7.05. The molecule has 1 atom stereocenters. The van der Waals surface area contributed by atoms with Crippen LogP contribution in [0.5, 0.6) is 0 Å². The van der Waals surface area contributed by atoms with Crippen LogP contribution in [0.2, 0.25) is 0 Å². The first-order valence-electron chi connectivity index (χ1n) is 9.22. The molecule has 1 unspecified atom stereocenters. The number of H-pyrrole nitrogens is 1. The summed E-state index contributed by atoms with van der Waals surface area (Å²) in [4.78, 5) is 35.5. The van der Waals surface area contributed by atoms with E-state index in [2.05, 4.69) is 9.97 Å². The smallest absolute Gasteiger partial charge is 0.254 e. The summed E-state index contributed by atoms with van der Waals surface area (Å²) in [5.41, 5.74) is 1.63. The van der Waals surface area contributed by atoms with Crippen molar-refractivity contribution in [1.29, 1.82) is 0 Å². The van der Waals surface area contributed by atoms with Crippen LogP contribution in [0.25, 0.3) is 0 Å². The van der Waals surface area contributed by atoms with Gasteiger partial charge in [0.2, 0.25) is 5.91 Å². The van der Waals surface area contributed by atoms with Gasteiger partial charge in [-0.15, -0.1) is 0 Å². The molecule has 6 nitrogen and oxygen atoms in total. The third kappa shape index (κ3) is 4.18. The number of halogens is 1. The second-order valence-corrected chi connectivity index (χ2v) is 7.05. The quantitative estimate of drug-likeness (QED) is 0.893. The van der Waals surface area contributed by atoms with E-state index in [9.17, 15) is 14.0 Å². The lowest BCUT2D eigenvalue weighted by molar-refractivity contribution is -0.133. The molecule has 3 rings (SSSR count). The summed E-state index contributed by atoms with van der Waals surface area (Å²) >= 11 is 0. The summed E-state index contributed by atoms with van der Waals surface area (Å²) in [6.07, 6.45) is 0.631. The van der Waals surface area contributed by atoms with Gasteiger partial charge in [-0.05, 0) is 39.3 Å². The van der Waals surface area contributed by atoms with Gasteiger partial charge in [-0.25, -0.2) is 9.37 Å². The Hall–Kier alpha value is -2.70. The number of aromatic nitrogens is 2. The molecule has 1 aromatic heterocycles. The maximum absolute atomic E-state index is 14.0. The summed E-state index contributed by atoms with van der Waals surface area (Å²) in [6, 6.07) is 6.68. The number of nitrogens with one attached hydrogen (secondary N) is 1. The van der Waals surface area contributed by atoms with Crippen molar-refractivity contribution in [2.75, 3.05) is 24.5 Å². The minimum absolute atomic E-state index is 0.00931. The summed E-state index contributed by atoms with van der Waals surface area (Å²) in [6.45, 7) is 7.20. The lowest BCUT2D eigenvalue weighted by atomic mass is 10.1. The predicted molar refractivity (Wildman–Crippen MR) is 102 cm³/mol. The first-order valence-corrected chi connectivity index (χ1v) is 9.22. The number of piperazine rings is 1. The molecule has 1 aliphatic rings. The van der Waals surface area contributed by atoms with Crippen molar-refractivity contribution >= 4 is 11.6 Å². The number of amides is 1. The molecule has 0 bridgehead atoms. The molecule has 2 aromatic rings. The third-order valence-corrected chi connectivity index (χ3v) is 5.07. The van der Waals surface area contributed by atoms with Crippen molar-refractivity contribution in [2.45, 2.75) is 39.7 Å². The van der Waals surface area contributed by atoms with Crippen LogP contribution in [0.4, 0.5) is 10.1 Å². The van der Waals surface area contributed by atoms with Crippen LogP contribution in [-0.2, 0) is 11.2 Å². The zero-order chi connectivity index (χ0) is 19.6. The van der Waals surface area contributed by atoms with Gasteiger partial charge in [-0.2, -0.15) is 0 Å². The maximum atomic E-state index is 14.0. The number of benzene rings is 1. The number of carbonyl (C=O) groups is 1. The number of aryl methyl sites for hydroxylation is 2. The second kappa shape index (κ2) is 7.90. The monoisotopic (exact) mass is 372 g/mol. The van der Waals surface area contributed by atoms with Gasteiger partial charge in [-0.1, -0.05) is 12.1 Å². The normalized spacial score (nSPS) is 17.3. The van der Waals surface area contributed by atoms with Crippen molar-refractivity contribution in [3.8, 4) is 0 Å². The molecular weight excluding hydrogens is 347 g/mol. The van der Waals surface area contributed by atoms with E-state index in [1.807, 2.05) is 22.8 Å². The van der Waals surface area contributed by atoms with Crippen LogP contribution in [0, 0.1) is 19.7 Å². The van der Waals surface area contributed by atoms with E-state index in [0.29, 0.717) is 48.8 Å². The molecule has 0 saturated carbocycles. The Morgan fingerprint density at radius 1 is 1.30 bits per heavy atom. The average Bonchev–Trinajstić information content (AvgIpc) is 2.61. The molecule has 0 radical (unpaired) electrons. The zero-order valence-corrected chi connectivity index (χ0v) is 16.0. The van der Waals surface area contributed by atoms with Gasteiger partial charge in [-0.3, -0.25) is 9.59 Å². The molecule has 0 aliphatic carbocycles. The fourth-order valence-corrected chi connectivity index (χ4v) is 3.68. The Morgan fingerprint density at radius 3 is 2.70 bits per heavy atom. The van der Waals surface area contributed by atoms with E-state index in [4.69, 9.17) is 0 Å². The standard InChI is InChI=1S/C20H25FN4O2/c1-13-12-24(18-7-5-4-6-17(18)21)10-11-25(13)19(26)9-8-16-14(2)22-15(3)23-20(16)27/h4-7,13H,8-12H2,1-3H3,(H,22,23,27). The van der Waals surface area contributed by atoms with Crippen LogP contribution in [0.15, 0.2) is 29.1 Å². The highest BCUT2D eigenvalue weighted by molar-refractivity contribution is 5.77. The molecular formula is C20H25FN4O2. The Morgan fingerprint density at radius 2 is 2.04 bits per heavy atom. The molecule has 1 aliphatic heterocycles. The Kier molecular flexibility index (Phi) is 5.58. The number of carbonyl (C=O) groups excluding carboxylic acids is 1. The number of aromatic amines is 1. The minimum Gasteiger partial charge on any atom is -0.365 e. The van der Waals surface area contributed by atoms with Gasteiger partial charge >= 0.3 is 0 Å². The van der Waals surface area contributed by atoms with Crippen LogP contribution in [0.1, 0.15) is 30.4 Å². The summed E-state index contributed by atoms with van der Waals surface area (Å²) in [7, 11) is 0. The van der Waals surface area contributed by atoms with Crippen LogP contribution >= 0.6 is 0 Å². The van der Waals surface area contributed by atoms with Gasteiger partial charge in [0.15, 0.2) is 0 Å². The third-order valence-electron chi connectivity index (χ3n) is 5.07. The molecule has 7 heteroatoms. The van der Waals surface area contributed by atoms with Crippen molar-refractivity contribution in [2.24, 2.45) is 0 Å². The van der Waals surface area contributed by atoms with Crippen molar-refractivity contribution < 1.29 is 9.18 Å². The highest BCUT2D eigenvalue weighted by Gasteiger charge is 2.28. The summed E-state index contributed by atoms with van der Waals surface area (Å²) in [5.74, 6) is 0.339. The fourth-order valence-electron chi connectivity index (χ4n) is 3.68. The molecule has 2 heterocycles. The summed E-state index contributed by atoms with van der Waals surface area (Å²) < 4.78 is 14.0. The van der Waals surface area contributed by atoms with Crippen LogP contribution in [-0.4, -0.2) is 46.5 Å². The molecule has 1 saturated heterocycles. The molecule has 1 amide bonds. The van der Waals surface area contributed by atoms with Gasteiger partial charge in [0.05, 0.1) is 5.69 Å². The number of para-hydroxylation sites is 1. The van der Waals surface area contributed by atoms with Crippen molar-refractivity contribution in [3.63, 3.8) is 0 Å². The van der Waals surface area contributed by atoms with E-state index in [0.717, 1.165) is 0 Å². The SMILES string of the molecule is Cc1nc(C)c(CCC(=O)N2CCN(c3ccccc3F)CC2C)c(=O)[nH]1. The topological polar surface area (TPSA) is 69.3 Å². The largest absolute Gasteiger partial charge is 0.365 e. The number of nitrogens with zero attached hydrogens (tertiary/aromatic N) is 3. The first kappa shape index (κ1) is 19.1. The Bertz CT molecular complexity index is 896. The van der Waals surface area contributed by atoms with E-state index in [-0.39, 0.29) is 29.7 Å². The highest BCUT2D eigenvalue weighted by Crippen LogP contribution is 2.22.